The van der Waals surface area contributed by atoms with E-state index in [1.807, 2.05) is 71.3 Å². The molecule has 0 aliphatic carbocycles. The van der Waals surface area contributed by atoms with E-state index in [1.54, 1.807) is 26.0 Å². The zero-order valence-electron chi connectivity index (χ0n) is 20.5. The van der Waals surface area contributed by atoms with Gasteiger partial charge >= 0.3 is 0 Å². The number of aromatic nitrogens is 3. The molecule has 0 saturated heterocycles. The highest BCUT2D eigenvalue weighted by atomic mass is 32.2. The van der Waals surface area contributed by atoms with E-state index in [0.29, 0.717) is 36.0 Å². The molecule has 10 heteroatoms. The molecule has 0 saturated carbocycles. The number of benzene rings is 3. The number of rotatable bonds is 10. The topological polar surface area (TPSA) is 96.7 Å². The Labute approximate surface area is 218 Å². The molecule has 1 amide bonds. The lowest BCUT2D eigenvalue weighted by atomic mass is 10.1. The van der Waals surface area contributed by atoms with Crippen molar-refractivity contribution in [3.63, 3.8) is 0 Å². The lowest BCUT2D eigenvalue weighted by Crippen LogP contribution is -2.22. The van der Waals surface area contributed by atoms with Crippen LogP contribution in [-0.4, -0.2) is 41.7 Å². The quantitative estimate of drug-likeness (QED) is 0.309. The van der Waals surface area contributed by atoms with Gasteiger partial charge in [-0.1, -0.05) is 30.0 Å². The third kappa shape index (κ3) is 5.71. The first-order valence-corrected chi connectivity index (χ1v) is 12.6. The maximum atomic E-state index is 12.6. The summed E-state index contributed by atoms with van der Waals surface area (Å²) in [6, 6.07) is 20.9. The Kier molecular flexibility index (Phi) is 7.57. The Morgan fingerprint density at radius 3 is 2.49 bits per heavy atom. The van der Waals surface area contributed by atoms with E-state index in [0.717, 1.165) is 33.5 Å². The molecule has 1 aromatic heterocycles. The molecule has 0 fully saturated rings. The molecule has 0 unspecified atom stereocenters. The van der Waals surface area contributed by atoms with Crippen molar-refractivity contribution in [1.29, 1.82) is 0 Å². The second kappa shape index (κ2) is 11.4. The second-order valence-electron chi connectivity index (χ2n) is 8.22. The van der Waals surface area contributed by atoms with Crippen LogP contribution < -0.4 is 19.5 Å². The number of methoxy groups -OCH3 is 2. The van der Waals surface area contributed by atoms with E-state index < -0.39 is 0 Å². The predicted octanol–water partition coefficient (Wildman–Crippen LogP) is 4.37. The summed E-state index contributed by atoms with van der Waals surface area (Å²) in [4.78, 5) is 12.6. The van der Waals surface area contributed by atoms with Crippen LogP contribution in [0.5, 0.6) is 17.2 Å². The van der Waals surface area contributed by atoms with Crippen LogP contribution in [0.3, 0.4) is 0 Å². The van der Waals surface area contributed by atoms with Crippen molar-refractivity contribution in [2.24, 2.45) is 0 Å². The highest BCUT2D eigenvalue weighted by Crippen LogP contribution is 2.32. The van der Waals surface area contributed by atoms with Crippen molar-refractivity contribution in [3.05, 3.63) is 89.2 Å². The fourth-order valence-corrected chi connectivity index (χ4v) is 4.77. The molecule has 37 heavy (non-hydrogen) atoms. The summed E-state index contributed by atoms with van der Waals surface area (Å²) in [7, 11) is 3.27. The molecule has 0 radical (unpaired) electrons. The molecular formula is C27H26N4O5S. The van der Waals surface area contributed by atoms with E-state index in [-0.39, 0.29) is 12.7 Å². The largest absolute Gasteiger partial charge is 0.497 e. The first kappa shape index (κ1) is 24.7. The Morgan fingerprint density at radius 1 is 0.973 bits per heavy atom. The van der Waals surface area contributed by atoms with Gasteiger partial charge in [0.05, 0.1) is 7.11 Å². The summed E-state index contributed by atoms with van der Waals surface area (Å²) in [6.07, 6.45) is 0. The highest BCUT2D eigenvalue weighted by molar-refractivity contribution is 7.98. The van der Waals surface area contributed by atoms with Gasteiger partial charge in [-0.05, 0) is 59.7 Å². The number of nitrogens with zero attached hydrogens (tertiary/aromatic N) is 3. The molecule has 5 rings (SSSR count). The summed E-state index contributed by atoms with van der Waals surface area (Å²) in [5, 5.41) is 12.4. The van der Waals surface area contributed by atoms with Crippen LogP contribution in [0.2, 0.25) is 0 Å². The number of fused-ring (bicyclic) bond motifs is 1. The first-order valence-electron chi connectivity index (χ1n) is 11.6. The Hall–Kier alpha value is -4.02. The number of ether oxygens (including phenoxy) is 4. The van der Waals surface area contributed by atoms with Gasteiger partial charge in [-0.3, -0.25) is 9.36 Å². The molecule has 190 valence electrons. The van der Waals surface area contributed by atoms with Crippen molar-refractivity contribution in [2.45, 2.75) is 24.1 Å². The molecule has 2 heterocycles. The third-order valence-electron chi connectivity index (χ3n) is 5.78. The third-order valence-corrected chi connectivity index (χ3v) is 6.78. The second-order valence-corrected chi connectivity index (χ2v) is 9.16. The number of hydrogen-bond donors (Lipinski definition) is 1. The molecular weight excluding hydrogens is 492 g/mol. The summed E-state index contributed by atoms with van der Waals surface area (Å²) in [5.41, 5.74) is 3.53. The van der Waals surface area contributed by atoms with Gasteiger partial charge < -0.3 is 24.3 Å². The SMILES string of the molecule is COCc1nnc(SCc2ccc(C(=O)NCc3ccc4c(c3)OCO4)cc2)n1-c1ccc(OC)cc1. The zero-order chi connectivity index (χ0) is 25.6. The van der Waals surface area contributed by atoms with E-state index in [9.17, 15) is 4.79 Å². The van der Waals surface area contributed by atoms with Crippen molar-refractivity contribution in [2.75, 3.05) is 21.0 Å². The van der Waals surface area contributed by atoms with E-state index in [4.69, 9.17) is 18.9 Å². The van der Waals surface area contributed by atoms with Crippen LogP contribution in [-0.2, 0) is 23.6 Å². The number of nitrogens with one attached hydrogen (secondary N) is 1. The smallest absolute Gasteiger partial charge is 0.251 e. The fraction of sp³-hybridized carbons (Fsp3) is 0.222. The van der Waals surface area contributed by atoms with Gasteiger partial charge in [0.1, 0.15) is 12.4 Å². The van der Waals surface area contributed by atoms with Gasteiger partial charge in [-0.2, -0.15) is 0 Å². The minimum Gasteiger partial charge on any atom is -0.497 e. The lowest BCUT2D eigenvalue weighted by molar-refractivity contribution is 0.0951. The van der Waals surface area contributed by atoms with Crippen LogP contribution >= 0.6 is 11.8 Å². The Bertz CT molecular complexity index is 1370. The van der Waals surface area contributed by atoms with E-state index in [2.05, 4.69) is 15.5 Å². The highest BCUT2D eigenvalue weighted by Gasteiger charge is 2.16. The van der Waals surface area contributed by atoms with Gasteiger partial charge in [0.15, 0.2) is 22.5 Å². The van der Waals surface area contributed by atoms with Gasteiger partial charge in [-0.15, -0.1) is 10.2 Å². The first-order chi connectivity index (χ1) is 18.1. The van der Waals surface area contributed by atoms with Gasteiger partial charge in [0, 0.05) is 30.7 Å². The minimum absolute atomic E-state index is 0.139. The van der Waals surface area contributed by atoms with Gasteiger partial charge in [0.25, 0.3) is 5.91 Å². The summed E-state index contributed by atoms with van der Waals surface area (Å²) in [6.45, 7) is 0.970. The van der Waals surface area contributed by atoms with Crippen LogP contribution in [0.1, 0.15) is 27.3 Å². The molecule has 1 aliphatic heterocycles. The molecule has 4 aromatic rings. The summed E-state index contributed by atoms with van der Waals surface area (Å²) >= 11 is 1.56. The number of amides is 1. The fourth-order valence-electron chi connectivity index (χ4n) is 3.84. The Balaban J connectivity index is 1.21. The summed E-state index contributed by atoms with van der Waals surface area (Å²) in [5.74, 6) is 3.44. The number of hydrogen-bond acceptors (Lipinski definition) is 8. The maximum absolute atomic E-state index is 12.6. The lowest BCUT2D eigenvalue weighted by Gasteiger charge is -2.11. The Morgan fingerprint density at radius 2 is 1.73 bits per heavy atom. The van der Waals surface area contributed by atoms with Gasteiger partial charge in [-0.25, -0.2) is 0 Å². The number of thioether (sulfide) groups is 1. The number of carbonyl (C=O) groups is 1. The standard InChI is InChI=1S/C27H26N4O5S/c1-33-15-25-29-30-27(31(25)21-8-10-22(34-2)11-9-21)37-16-18-3-6-20(7-4-18)26(32)28-14-19-5-12-23-24(13-19)36-17-35-23/h3-13H,14-17H2,1-2H3,(H,28,32). The van der Waals surface area contributed by atoms with E-state index >= 15 is 0 Å². The molecule has 1 aliphatic rings. The van der Waals surface area contributed by atoms with Crippen LogP contribution in [0.4, 0.5) is 0 Å². The van der Waals surface area contributed by atoms with Gasteiger partial charge in [0.2, 0.25) is 6.79 Å². The average Bonchev–Trinajstić information content (AvgIpc) is 3.57. The normalized spacial score (nSPS) is 11.9. The molecule has 9 nitrogen and oxygen atoms in total. The van der Waals surface area contributed by atoms with Crippen molar-refractivity contribution >= 4 is 17.7 Å². The molecule has 0 bridgehead atoms. The molecule has 1 N–H and O–H groups in total. The molecule has 0 atom stereocenters. The molecule has 0 spiro atoms. The maximum Gasteiger partial charge on any atom is 0.251 e. The predicted molar refractivity (Wildman–Crippen MR) is 138 cm³/mol. The van der Waals surface area contributed by atoms with Crippen molar-refractivity contribution < 1.29 is 23.7 Å². The molecule has 3 aromatic carbocycles. The monoisotopic (exact) mass is 518 g/mol. The van der Waals surface area contributed by atoms with Crippen LogP contribution in [0, 0.1) is 0 Å². The van der Waals surface area contributed by atoms with Crippen LogP contribution in [0.25, 0.3) is 5.69 Å². The minimum atomic E-state index is -0.139. The number of carbonyl (C=O) groups excluding carboxylic acids is 1. The summed E-state index contributed by atoms with van der Waals surface area (Å²) < 4.78 is 23.3. The zero-order valence-corrected chi connectivity index (χ0v) is 21.3. The van der Waals surface area contributed by atoms with Crippen LogP contribution in [0.15, 0.2) is 71.9 Å². The van der Waals surface area contributed by atoms with Crippen molar-refractivity contribution in [1.82, 2.24) is 20.1 Å². The van der Waals surface area contributed by atoms with E-state index in [1.165, 1.54) is 0 Å². The average molecular weight is 519 g/mol. The van der Waals surface area contributed by atoms with Crippen molar-refractivity contribution in [3.8, 4) is 22.9 Å².